The number of carboxylic acids is 1. The third-order valence-corrected chi connectivity index (χ3v) is 17.4. The van der Waals surface area contributed by atoms with Crippen LogP contribution in [0.1, 0.15) is 169 Å². The number of aliphatic carboxylic acids is 1. The number of primary amides is 1. The molecule has 31 heteroatoms. The molecule has 0 aromatic heterocycles. The number of carboxylic acid groups (broad SMARTS) is 1. The summed E-state index contributed by atoms with van der Waals surface area (Å²) in [5.74, 6) is -16.7. The molecule has 0 heterocycles. The Morgan fingerprint density at radius 3 is 1.40 bits per heavy atom. The highest BCUT2D eigenvalue weighted by Crippen LogP contribution is 2.25. The van der Waals surface area contributed by atoms with Gasteiger partial charge in [0.2, 0.25) is 35.4 Å². The van der Waals surface area contributed by atoms with E-state index in [1.54, 1.807) is 13.2 Å². The molecule has 98 heavy (non-hydrogen) atoms. The summed E-state index contributed by atoms with van der Waals surface area (Å²) in [4.78, 5) is 175. The molecule has 30 nitrogen and oxygen atoms in total. The maximum Gasteiger partial charge on any atom is 0.305 e. The van der Waals surface area contributed by atoms with E-state index >= 15 is 0 Å². The normalized spacial score (nSPS) is 15.0. The second kappa shape index (κ2) is 48.2. The van der Waals surface area contributed by atoms with E-state index in [9.17, 15) is 78.0 Å². The van der Waals surface area contributed by atoms with Crippen molar-refractivity contribution in [2.45, 2.75) is 206 Å². The third kappa shape index (κ3) is 36.3. The minimum Gasteiger partial charge on any atom is -0.508 e. The number of aliphatic hydroxyl groups is 2. The zero-order valence-corrected chi connectivity index (χ0v) is 59.1. The predicted molar refractivity (Wildman–Crippen MR) is 374 cm³/mol. The van der Waals surface area contributed by atoms with Crippen molar-refractivity contribution in [3.8, 4) is 5.75 Å². The number of benzene rings is 1. The zero-order chi connectivity index (χ0) is 74.2. The number of guanidine groups is 2. The number of hydrogen-bond acceptors (Lipinski definition) is 20. The number of aliphatic hydroxyl groups excluding tert-OH is 2. The summed E-state index contributed by atoms with van der Waals surface area (Å²) in [6.07, 6.45) is -0.174. The predicted octanol–water partition coefficient (Wildman–Crippen LogP) is 0.415. The number of carbonyl (C=O) groups is 12. The summed E-state index contributed by atoms with van der Waals surface area (Å²) in [7, 11) is 0. The van der Waals surface area contributed by atoms with Crippen molar-refractivity contribution in [3.05, 3.63) is 29.8 Å². The van der Waals surface area contributed by atoms with Crippen LogP contribution in [0.2, 0.25) is 0 Å². The standard InChI is InChI=1S/C67H114N14O16S/c1-38(2)28-45(33-54(85)40(5)14-8-10-23-68)63(95)77-49(17-13-26-76-67(73)74)55(86)34-46(37-82)64(96)78-50(22-27-98-7)58(89)35-48(41(6)83)65(97)80-52(36-59(90)91)57(88)31-43(15-9-11-24-69)61(93)79-51(30-42-18-20-47(84)21-19-42)56(87)32-44(16-12-25-75-66(71)72)62(94)81-53(60(70)92)29-39(3)4/h18-21,38-41,43-46,48-53,82-84H,8-17,22-37,68-69H2,1-7H3,(H2,70,92)(H,77,95)(H,78,96)(H,79,93)(H,80,97)(H,81,94)(H,90,91)(H4,71,72,75)(H4,73,74,76)/t40-,41+,43+,44+,45+,46-,48-,49-,50+,51-,52-,53-/m0/s1. The fourth-order valence-electron chi connectivity index (χ4n) is 11.1. The molecule has 12 atom stereocenters. The number of hydrogen-bond donors (Lipinski definition) is 16. The van der Waals surface area contributed by atoms with Gasteiger partial charge in [0, 0.05) is 68.9 Å². The molecule has 23 N–H and O–H groups in total. The maximum absolute atomic E-state index is 14.6. The van der Waals surface area contributed by atoms with E-state index < -0.39 is 169 Å². The van der Waals surface area contributed by atoms with Gasteiger partial charge in [-0.2, -0.15) is 11.8 Å². The van der Waals surface area contributed by atoms with Crippen molar-refractivity contribution in [2.75, 3.05) is 44.8 Å². The molecule has 0 spiro atoms. The van der Waals surface area contributed by atoms with Crippen LogP contribution in [-0.2, 0) is 64.0 Å². The number of unbranched alkanes of at least 4 members (excludes halogenated alkanes) is 2. The van der Waals surface area contributed by atoms with Crippen molar-refractivity contribution in [3.63, 3.8) is 0 Å². The van der Waals surface area contributed by atoms with E-state index in [-0.39, 0.29) is 131 Å². The van der Waals surface area contributed by atoms with Crippen LogP contribution in [-0.4, -0.2) is 184 Å². The fourth-order valence-corrected chi connectivity index (χ4v) is 11.5. The van der Waals surface area contributed by atoms with Gasteiger partial charge in [-0.05, 0) is 139 Å². The number of phenols is 1. The minimum absolute atomic E-state index is 0.00380. The monoisotopic (exact) mass is 1400 g/mol. The number of amides is 6. The largest absolute Gasteiger partial charge is 0.508 e. The lowest BCUT2D eigenvalue weighted by Crippen LogP contribution is -2.51. The molecule has 1 aromatic rings. The van der Waals surface area contributed by atoms with Gasteiger partial charge in [0.15, 0.2) is 35.1 Å². The number of carbonyl (C=O) groups excluding carboxylic acids is 11. The van der Waals surface area contributed by atoms with E-state index in [1.165, 1.54) is 43.0 Å². The van der Waals surface area contributed by atoms with Crippen molar-refractivity contribution >= 4 is 94.0 Å². The molecule has 0 saturated heterocycles. The second-order valence-electron chi connectivity index (χ2n) is 26.3. The number of rotatable bonds is 55. The number of aromatic hydroxyl groups is 1. The first-order chi connectivity index (χ1) is 46.2. The van der Waals surface area contributed by atoms with Crippen molar-refractivity contribution in [1.82, 2.24) is 26.6 Å². The average molecular weight is 1400 g/mol. The summed E-state index contributed by atoms with van der Waals surface area (Å²) in [5.41, 5.74) is 39.6. The first-order valence-electron chi connectivity index (χ1n) is 33.9. The molecule has 0 aliphatic rings. The third-order valence-electron chi connectivity index (χ3n) is 16.7. The van der Waals surface area contributed by atoms with Crippen LogP contribution in [0.25, 0.3) is 0 Å². The molecule has 0 fully saturated rings. The number of Topliss-reactive ketones (excluding diaryl/α,β-unsaturated/α-hetero) is 5. The molecule has 0 aliphatic heterocycles. The minimum atomic E-state index is -1.85. The topological polar surface area (TPSA) is 553 Å². The Labute approximate surface area is 580 Å². The lowest BCUT2D eigenvalue weighted by Gasteiger charge is -2.27. The lowest BCUT2D eigenvalue weighted by atomic mass is 9.86. The van der Waals surface area contributed by atoms with Crippen LogP contribution in [0.15, 0.2) is 34.3 Å². The Kier molecular flexibility index (Phi) is 43.5. The van der Waals surface area contributed by atoms with Crippen LogP contribution >= 0.6 is 11.8 Å². The summed E-state index contributed by atoms with van der Waals surface area (Å²) in [6.45, 7) is 10.3. The van der Waals surface area contributed by atoms with E-state index in [2.05, 4.69) is 36.6 Å². The van der Waals surface area contributed by atoms with Crippen molar-refractivity contribution in [1.29, 1.82) is 0 Å². The van der Waals surface area contributed by atoms with Gasteiger partial charge in [-0.1, -0.05) is 59.6 Å². The molecule has 1 rings (SSSR count). The van der Waals surface area contributed by atoms with E-state index in [0.717, 1.165) is 12.8 Å². The highest BCUT2D eigenvalue weighted by Gasteiger charge is 2.38. The second-order valence-corrected chi connectivity index (χ2v) is 27.2. The van der Waals surface area contributed by atoms with E-state index in [1.807, 2.05) is 27.7 Å². The number of aliphatic imine (C=N–C) groups is 2. The quantitative estimate of drug-likeness (QED) is 0.0239. The van der Waals surface area contributed by atoms with Crippen LogP contribution in [0.3, 0.4) is 0 Å². The van der Waals surface area contributed by atoms with E-state index in [0.29, 0.717) is 31.4 Å². The number of thioether (sulfide) groups is 1. The van der Waals surface area contributed by atoms with Gasteiger partial charge in [-0.25, -0.2) is 0 Å². The Morgan fingerprint density at radius 1 is 0.480 bits per heavy atom. The summed E-state index contributed by atoms with van der Waals surface area (Å²) < 4.78 is 0. The summed E-state index contributed by atoms with van der Waals surface area (Å²) in [6, 6.07) is -1.20. The van der Waals surface area contributed by atoms with E-state index in [4.69, 9.17) is 40.1 Å². The van der Waals surface area contributed by atoms with Gasteiger partial charge in [-0.3, -0.25) is 67.5 Å². The maximum atomic E-state index is 14.6. The molecule has 0 saturated carbocycles. The van der Waals surface area contributed by atoms with Gasteiger partial charge in [0.05, 0.1) is 55.1 Å². The smallest absolute Gasteiger partial charge is 0.305 e. The molecular formula is C67H114N14O16S. The lowest BCUT2D eigenvalue weighted by molar-refractivity contribution is -0.142. The number of nitrogens with one attached hydrogen (secondary N) is 5. The molecule has 0 radical (unpaired) electrons. The van der Waals surface area contributed by atoms with Gasteiger partial charge in [0.1, 0.15) is 17.6 Å². The fraction of sp³-hybridized carbons (Fsp3) is 0.701. The zero-order valence-electron chi connectivity index (χ0n) is 58.3. The van der Waals surface area contributed by atoms with Gasteiger partial charge >= 0.3 is 5.97 Å². The molecule has 554 valence electrons. The average Bonchev–Trinajstić information content (AvgIpc) is 0.880. The molecule has 0 bridgehead atoms. The molecule has 6 amide bonds. The molecule has 0 aliphatic carbocycles. The highest BCUT2D eigenvalue weighted by molar-refractivity contribution is 7.98. The highest BCUT2D eigenvalue weighted by atomic mass is 32.2. The Balaban J connectivity index is 3.64. The number of ketones is 5. The first kappa shape index (κ1) is 88.4. The summed E-state index contributed by atoms with van der Waals surface area (Å²) in [5, 5.41) is 54.9. The van der Waals surface area contributed by atoms with Gasteiger partial charge < -0.3 is 87.1 Å². The first-order valence-corrected chi connectivity index (χ1v) is 35.3. The molecular weight excluding hydrogens is 1290 g/mol. The number of phenolic OH excluding ortho intramolecular Hbond substituents is 1. The summed E-state index contributed by atoms with van der Waals surface area (Å²) >= 11 is 1.30. The number of nitrogens with two attached hydrogens (primary N) is 7. The van der Waals surface area contributed by atoms with Crippen molar-refractivity contribution < 1.29 is 78.0 Å². The Hall–Kier alpha value is -7.61. The Bertz CT molecular complexity index is 2780. The van der Waals surface area contributed by atoms with Crippen LogP contribution in [0.4, 0.5) is 0 Å². The molecule has 1 aromatic carbocycles. The van der Waals surface area contributed by atoms with Crippen molar-refractivity contribution in [2.24, 2.45) is 97.5 Å². The molecule has 0 unspecified atom stereocenters. The van der Waals surface area contributed by atoms with Crippen LogP contribution in [0, 0.1) is 47.3 Å². The SMILES string of the molecule is CSCC[C@@H](NC(=O)[C@H](CO)CC(=O)[C@H](CCCN=C(N)N)NC(=O)[C@@H](CC(=O)[C@@H](C)CCCCN)CC(C)C)C(=O)C[C@H](C(=O)N[C@@H](CC(=O)O)C(=O)C[C@@H](CCCCN)C(=O)N[C@@H](Cc1ccc(O)cc1)C(=O)C[C@@H](CCCN=C(N)N)C(=O)N[C@@H](CC(C)C)C(N)=O)[C@@H](C)O. The van der Waals surface area contributed by atoms with Crippen LogP contribution < -0.4 is 66.7 Å². The number of nitrogens with zero attached hydrogens (tertiary/aromatic N) is 2. The van der Waals surface area contributed by atoms with Crippen LogP contribution in [0.5, 0.6) is 5.75 Å². The van der Waals surface area contributed by atoms with Gasteiger partial charge in [0.25, 0.3) is 0 Å². The van der Waals surface area contributed by atoms with Gasteiger partial charge in [-0.15, -0.1) is 0 Å². The Morgan fingerprint density at radius 2 is 0.908 bits per heavy atom.